The van der Waals surface area contributed by atoms with Gasteiger partial charge in [0.2, 0.25) is 5.91 Å². The SMILES string of the molecule is CCCc1cc(Cc2ccccc2)cc2c1NCCC2.Cc1cc(O)cc(N)c1CCC(N)=O. The van der Waals surface area contributed by atoms with Crippen molar-refractivity contribution in [3.8, 4) is 5.75 Å². The number of carbonyl (C=O) groups is 1. The van der Waals surface area contributed by atoms with Gasteiger partial charge in [-0.1, -0.05) is 55.8 Å². The Balaban J connectivity index is 0.000000204. The number of phenolic OH excluding ortho intramolecular Hbond substituents is 1. The highest BCUT2D eigenvalue weighted by atomic mass is 16.3. The van der Waals surface area contributed by atoms with E-state index in [0.717, 1.165) is 24.1 Å². The van der Waals surface area contributed by atoms with E-state index in [0.29, 0.717) is 12.1 Å². The number of hydrogen-bond donors (Lipinski definition) is 4. The minimum Gasteiger partial charge on any atom is -0.508 e. The first-order valence-electron chi connectivity index (χ1n) is 12.2. The molecule has 0 unspecified atom stereocenters. The van der Waals surface area contributed by atoms with E-state index in [4.69, 9.17) is 11.5 Å². The first-order valence-corrected chi connectivity index (χ1v) is 12.2. The summed E-state index contributed by atoms with van der Waals surface area (Å²) in [6.45, 7) is 5.23. The summed E-state index contributed by atoms with van der Waals surface area (Å²) in [6, 6.07) is 18.7. The van der Waals surface area contributed by atoms with Gasteiger partial charge in [-0.05, 0) is 78.5 Å². The van der Waals surface area contributed by atoms with Crippen LogP contribution in [-0.2, 0) is 30.5 Å². The van der Waals surface area contributed by atoms with Crippen LogP contribution in [0.5, 0.6) is 5.75 Å². The Hall–Kier alpha value is -3.47. The maximum atomic E-state index is 10.6. The van der Waals surface area contributed by atoms with E-state index in [1.54, 1.807) is 6.07 Å². The monoisotopic (exact) mass is 459 g/mol. The molecule has 0 saturated heterocycles. The number of primary amides is 1. The number of fused-ring (bicyclic) bond motifs is 1. The molecule has 1 amide bonds. The van der Waals surface area contributed by atoms with Crippen molar-refractivity contribution in [2.45, 2.75) is 58.8 Å². The maximum absolute atomic E-state index is 10.6. The number of amides is 1. The highest BCUT2D eigenvalue weighted by Crippen LogP contribution is 2.30. The molecule has 0 bridgehead atoms. The highest BCUT2D eigenvalue weighted by Gasteiger charge is 2.14. The number of anilines is 2. The number of hydrogen-bond acceptors (Lipinski definition) is 4. The van der Waals surface area contributed by atoms with E-state index in [9.17, 15) is 9.90 Å². The number of aryl methyl sites for hydroxylation is 3. The predicted octanol–water partition coefficient (Wildman–Crippen LogP) is 5.29. The topological polar surface area (TPSA) is 101 Å². The van der Waals surface area contributed by atoms with Gasteiger partial charge in [0.15, 0.2) is 0 Å². The molecule has 34 heavy (non-hydrogen) atoms. The van der Waals surface area contributed by atoms with Crippen molar-refractivity contribution < 1.29 is 9.90 Å². The van der Waals surface area contributed by atoms with Gasteiger partial charge in [0, 0.05) is 30.4 Å². The van der Waals surface area contributed by atoms with Crippen LogP contribution in [0.15, 0.2) is 54.6 Å². The molecule has 1 aliphatic rings. The molecular formula is C29H37N3O2. The minimum absolute atomic E-state index is 0.142. The second-order valence-electron chi connectivity index (χ2n) is 9.03. The third-order valence-electron chi connectivity index (χ3n) is 6.17. The molecule has 0 aliphatic carbocycles. The summed E-state index contributed by atoms with van der Waals surface area (Å²) in [5.74, 6) is -0.209. The molecule has 6 N–H and O–H groups in total. The molecule has 1 heterocycles. The first-order chi connectivity index (χ1) is 16.4. The van der Waals surface area contributed by atoms with E-state index < -0.39 is 0 Å². The van der Waals surface area contributed by atoms with Crippen LogP contribution in [0.4, 0.5) is 11.4 Å². The van der Waals surface area contributed by atoms with Crippen LogP contribution in [0.2, 0.25) is 0 Å². The second kappa shape index (κ2) is 12.1. The van der Waals surface area contributed by atoms with Crippen molar-refractivity contribution >= 4 is 17.3 Å². The molecule has 0 aromatic heterocycles. The molecule has 1 aliphatic heterocycles. The average Bonchev–Trinajstić information content (AvgIpc) is 2.79. The van der Waals surface area contributed by atoms with Gasteiger partial charge >= 0.3 is 0 Å². The van der Waals surface area contributed by atoms with E-state index in [1.165, 1.54) is 59.7 Å². The quantitative estimate of drug-likeness (QED) is 0.361. The van der Waals surface area contributed by atoms with Crippen molar-refractivity contribution in [3.63, 3.8) is 0 Å². The summed E-state index contributed by atoms with van der Waals surface area (Å²) in [7, 11) is 0. The maximum Gasteiger partial charge on any atom is 0.217 e. The van der Waals surface area contributed by atoms with Crippen LogP contribution in [0.25, 0.3) is 0 Å². The fourth-order valence-corrected chi connectivity index (χ4v) is 4.57. The third kappa shape index (κ3) is 7.01. The fraction of sp³-hybridized carbons (Fsp3) is 0.345. The standard InChI is InChI=1S/C19H23N.C10H14N2O2/c1-2-7-17-13-16(12-15-8-4-3-5-9-15)14-18-10-6-11-20-19(17)18;1-6-4-7(13)5-9(11)8(6)2-3-10(12)14/h3-5,8-9,13-14,20H,2,6-7,10-12H2,1H3;4-5,13H,2-3,11H2,1H3,(H2,12,14). The largest absolute Gasteiger partial charge is 0.508 e. The van der Waals surface area contributed by atoms with E-state index in [-0.39, 0.29) is 18.1 Å². The van der Waals surface area contributed by atoms with Gasteiger partial charge in [-0.25, -0.2) is 0 Å². The van der Waals surface area contributed by atoms with Crippen molar-refractivity contribution in [2.75, 3.05) is 17.6 Å². The zero-order valence-electron chi connectivity index (χ0n) is 20.4. The van der Waals surface area contributed by atoms with E-state index >= 15 is 0 Å². The van der Waals surface area contributed by atoms with Crippen molar-refractivity contribution in [1.29, 1.82) is 0 Å². The third-order valence-corrected chi connectivity index (χ3v) is 6.17. The Morgan fingerprint density at radius 3 is 2.50 bits per heavy atom. The number of nitrogens with two attached hydrogens (primary N) is 2. The Labute approximate surface area is 203 Å². The fourth-order valence-electron chi connectivity index (χ4n) is 4.57. The lowest BCUT2D eigenvalue weighted by molar-refractivity contribution is -0.117. The molecule has 3 aromatic rings. The lowest BCUT2D eigenvalue weighted by Gasteiger charge is -2.23. The van der Waals surface area contributed by atoms with Gasteiger partial charge in [-0.15, -0.1) is 0 Å². The number of phenols is 1. The van der Waals surface area contributed by atoms with Crippen LogP contribution in [0, 0.1) is 6.92 Å². The molecule has 0 spiro atoms. The van der Waals surface area contributed by atoms with Crippen LogP contribution in [0.3, 0.4) is 0 Å². The highest BCUT2D eigenvalue weighted by molar-refractivity contribution is 5.74. The Morgan fingerprint density at radius 2 is 1.82 bits per heavy atom. The lowest BCUT2D eigenvalue weighted by atomic mass is 9.92. The van der Waals surface area contributed by atoms with Gasteiger partial charge in [0.05, 0.1) is 0 Å². The van der Waals surface area contributed by atoms with Gasteiger partial charge in [-0.2, -0.15) is 0 Å². The molecule has 0 saturated carbocycles. The number of aromatic hydroxyl groups is 1. The number of carbonyl (C=O) groups excluding carboxylic acids is 1. The normalized spacial score (nSPS) is 12.2. The molecule has 180 valence electrons. The summed E-state index contributed by atoms with van der Waals surface area (Å²) in [5, 5.41) is 12.8. The van der Waals surface area contributed by atoms with Gasteiger partial charge in [0.1, 0.15) is 5.75 Å². The summed E-state index contributed by atoms with van der Waals surface area (Å²) >= 11 is 0. The van der Waals surface area contributed by atoms with Crippen LogP contribution in [0.1, 0.15) is 59.6 Å². The molecule has 0 radical (unpaired) electrons. The van der Waals surface area contributed by atoms with Crippen LogP contribution in [-0.4, -0.2) is 17.6 Å². The average molecular weight is 460 g/mol. The van der Waals surface area contributed by atoms with Crippen LogP contribution < -0.4 is 16.8 Å². The van der Waals surface area contributed by atoms with Gasteiger partial charge in [-0.3, -0.25) is 4.79 Å². The van der Waals surface area contributed by atoms with E-state index in [2.05, 4.69) is 54.7 Å². The molecule has 3 aromatic carbocycles. The predicted molar refractivity (Wildman–Crippen MR) is 141 cm³/mol. The summed E-state index contributed by atoms with van der Waals surface area (Å²) in [6.07, 6.45) is 6.71. The molecule has 5 nitrogen and oxygen atoms in total. The molecular weight excluding hydrogens is 422 g/mol. The Bertz CT molecular complexity index is 1090. The zero-order valence-corrected chi connectivity index (χ0v) is 20.4. The summed E-state index contributed by atoms with van der Waals surface area (Å²) in [4.78, 5) is 10.6. The van der Waals surface area contributed by atoms with Gasteiger partial charge < -0.3 is 21.9 Å². The number of nitrogens with one attached hydrogen (secondary N) is 1. The zero-order chi connectivity index (χ0) is 24.5. The molecule has 4 rings (SSSR count). The first kappa shape index (κ1) is 25.2. The van der Waals surface area contributed by atoms with E-state index in [1.807, 2.05) is 6.92 Å². The molecule has 0 fully saturated rings. The minimum atomic E-state index is -0.350. The second-order valence-corrected chi connectivity index (χ2v) is 9.03. The van der Waals surface area contributed by atoms with Crippen molar-refractivity contribution in [3.05, 3.63) is 88.0 Å². The molecule has 0 atom stereocenters. The Kier molecular flexibility index (Phi) is 8.97. The number of nitrogen functional groups attached to an aromatic ring is 1. The molecule has 5 heteroatoms. The Morgan fingerprint density at radius 1 is 1.06 bits per heavy atom. The van der Waals surface area contributed by atoms with Gasteiger partial charge in [0.25, 0.3) is 0 Å². The summed E-state index contributed by atoms with van der Waals surface area (Å²) < 4.78 is 0. The number of rotatable bonds is 7. The smallest absolute Gasteiger partial charge is 0.217 e. The van der Waals surface area contributed by atoms with Crippen molar-refractivity contribution in [2.24, 2.45) is 5.73 Å². The number of benzene rings is 3. The lowest BCUT2D eigenvalue weighted by Crippen LogP contribution is -2.14. The summed E-state index contributed by atoms with van der Waals surface area (Å²) in [5.41, 5.74) is 20.3. The van der Waals surface area contributed by atoms with Crippen molar-refractivity contribution in [1.82, 2.24) is 0 Å². The van der Waals surface area contributed by atoms with Crippen LogP contribution >= 0.6 is 0 Å².